The number of ether oxygens (including phenoxy) is 2. The fourth-order valence-corrected chi connectivity index (χ4v) is 5.17. The molecule has 2 aliphatic rings. The number of hydrogen-bond acceptors (Lipinski definition) is 9. The molecule has 5 rings (SSSR count). The zero-order chi connectivity index (χ0) is 26.9. The van der Waals surface area contributed by atoms with E-state index < -0.39 is 25.2 Å². The topological polar surface area (TPSA) is 112 Å². The van der Waals surface area contributed by atoms with Crippen molar-refractivity contribution in [2.45, 2.75) is 43.9 Å². The first kappa shape index (κ1) is 26.2. The van der Waals surface area contributed by atoms with Gasteiger partial charge >= 0.3 is 0 Å². The highest BCUT2D eigenvalue weighted by atomic mass is 19.3. The van der Waals surface area contributed by atoms with Crippen LogP contribution in [0, 0.1) is 5.53 Å². The first-order chi connectivity index (χ1) is 18.4. The lowest BCUT2D eigenvalue weighted by atomic mass is 9.88. The van der Waals surface area contributed by atoms with Gasteiger partial charge in [0, 0.05) is 24.8 Å². The summed E-state index contributed by atoms with van der Waals surface area (Å²) in [5, 5.41) is 13.7. The predicted octanol–water partition coefficient (Wildman–Crippen LogP) is 4.75. The van der Waals surface area contributed by atoms with Crippen LogP contribution in [0.4, 0.5) is 30.5 Å². The third kappa shape index (κ3) is 4.87. The molecule has 0 radical (unpaired) electrons. The predicted molar refractivity (Wildman–Crippen MR) is 137 cm³/mol. The van der Waals surface area contributed by atoms with Gasteiger partial charge in [0.25, 0.3) is 6.43 Å². The molecule has 2 fully saturated rings. The van der Waals surface area contributed by atoms with Gasteiger partial charge in [-0.25, -0.2) is 23.2 Å². The van der Waals surface area contributed by atoms with Crippen LogP contribution in [-0.2, 0) is 4.74 Å². The minimum Gasteiger partial charge on any atom is -0.479 e. The fourth-order valence-electron chi connectivity index (χ4n) is 5.17. The molecule has 2 aromatic heterocycles. The number of nitrogens with one attached hydrogen (secondary N) is 3. The van der Waals surface area contributed by atoms with Crippen LogP contribution in [0.2, 0.25) is 0 Å². The van der Waals surface area contributed by atoms with Gasteiger partial charge in [-0.3, -0.25) is 4.90 Å². The molecule has 0 saturated carbocycles. The van der Waals surface area contributed by atoms with Crippen molar-refractivity contribution < 1.29 is 22.6 Å². The summed E-state index contributed by atoms with van der Waals surface area (Å²) in [5.41, 5.74) is 9.78. The van der Waals surface area contributed by atoms with Crippen molar-refractivity contribution in [2.24, 2.45) is 5.11 Å². The number of aromatic nitrogens is 3. The van der Waals surface area contributed by atoms with Crippen LogP contribution in [0.1, 0.15) is 19.8 Å². The summed E-state index contributed by atoms with van der Waals surface area (Å²) in [5.74, 6) is 0.528. The van der Waals surface area contributed by atoms with E-state index in [1.807, 2.05) is 0 Å². The van der Waals surface area contributed by atoms with Crippen LogP contribution in [-0.4, -0.2) is 83.6 Å². The second kappa shape index (κ2) is 10.7. The fraction of sp³-hybridized carbons (Fsp3) is 0.520. The van der Waals surface area contributed by atoms with Gasteiger partial charge in [0.2, 0.25) is 11.8 Å². The molecule has 13 heteroatoms. The molecule has 0 bridgehead atoms. The van der Waals surface area contributed by atoms with Crippen LogP contribution in [0.5, 0.6) is 5.88 Å². The number of benzene rings is 1. The Morgan fingerprint density at radius 1 is 1.32 bits per heavy atom. The van der Waals surface area contributed by atoms with E-state index in [1.165, 1.54) is 7.11 Å². The summed E-state index contributed by atoms with van der Waals surface area (Å²) in [4.78, 5) is 6.70. The molecule has 2 saturated heterocycles. The average molecular weight is 533 g/mol. The van der Waals surface area contributed by atoms with Gasteiger partial charge < -0.3 is 20.1 Å². The first-order valence-electron chi connectivity index (χ1n) is 12.6. The standard InChI is InChI=1S/C25H31F3N8O2/c1-3-25(13-38-14-25)35-8-7-18(17(26)12-35)31-24-32-23(37-2)22-16(6-9-36(22)34-24)15-4-5-19(33-29)20(10-15)30-11-21(27)28/h4-6,9-10,17-18,21,29-30H,3,7-8,11-14H2,1-2H3,(H,31,34)/t17-,18+/m1/s1. The van der Waals surface area contributed by atoms with Crippen molar-refractivity contribution in [1.29, 1.82) is 5.53 Å². The summed E-state index contributed by atoms with van der Waals surface area (Å²) in [6.07, 6.45) is -0.395. The molecular formula is C25H31F3N8O2. The lowest BCUT2D eigenvalue weighted by Crippen LogP contribution is -2.66. The van der Waals surface area contributed by atoms with Gasteiger partial charge in [0.15, 0.2) is 0 Å². The molecule has 10 nitrogen and oxygen atoms in total. The van der Waals surface area contributed by atoms with Crippen LogP contribution >= 0.6 is 0 Å². The number of nitrogens with zero attached hydrogens (tertiary/aromatic N) is 5. The molecule has 1 aromatic carbocycles. The molecule has 4 heterocycles. The van der Waals surface area contributed by atoms with Gasteiger partial charge in [-0.2, -0.15) is 10.1 Å². The van der Waals surface area contributed by atoms with Crippen LogP contribution in [0.15, 0.2) is 35.6 Å². The van der Waals surface area contributed by atoms with Crippen molar-refractivity contribution in [3.63, 3.8) is 0 Å². The Balaban J connectivity index is 1.38. The molecule has 204 valence electrons. The Morgan fingerprint density at radius 3 is 2.76 bits per heavy atom. The van der Waals surface area contributed by atoms with E-state index in [1.54, 1.807) is 35.0 Å². The Morgan fingerprint density at radius 2 is 2.13 bits per heavy atom. The largest absolute Gasteiger partial charge is 0.479 e. The zero-order valence-electron chi connectivity index (χ0n) is 21.3. The smallest absolute Gasteiger partial charge is 0.255 e. The number of anilines is 2. The van der Waals surface area contributed by atoms with Crippen LogP contribution in [0.3, 0.4) is 0 Å². The molecule has 0 aliphatic carbocycles. The van der Waals surface area contributed by atoms with E-state index in [9.17, 15) is 8.78 Å². The van der Waals surface area contributed by atoms with Crippen molar-refractivity contribution in [2.75, 3.05) is 50.6 Å². The van der Waals surface area contributed by atoms with E-state index in [0.29, 0.717) is 48.5 Å². The molecule has 3 aromatic rings. The quantitative estimate of drug-likeness (QED) is 0.323. The van der Waals surface area contributed by atoms with Crippen molar-refractivity contribution in [3.8, 4) is 17.0 Å². The van der Waals surface area contributed by atoms with Gasteiger partial charge in [-0.1, -0.05) is 13.0 Å². The SMILES string of the molecule is CCC1(N2CC[C@H](Nc3nc(OC)c4c(-c5ccc(N=N)c(NCC(F)F)c5)ccn4n3)[C@H](F)C2)COC1. The Hall–Kier alpha value is -3.45. The normalized spacial score (nSPS) is 21.3. The number of likely N-dealkylation sites (tertiary alicyclic amines) is 1. The highest BCUT2D eigenvalue weighted by molar-refractivity contribution is 5.87. The molecule has 0 amide bonds. The maximum atomic E-state index is 15.2. The Bertz CT molecular complexity index is 1290. The number of fused-ring (bicyclic) bond motifs is 1. The summed E-state index contributed by atoms with van der Waals surface area (Å²) in [6.45, 7) is 3.92. The first-order valence-corrected chi connectivity index (χ1v) is 12.6. The molecular weight excluding hydrogens is 501 g/mol. The van der Waals surface area contributed by atoms with Crippen LogP contribution < -0.4 is 15.4 Å². The minimum atomic E-state index is -2.55. The summed E-state index contributed by atoms with van der Waals surface area (Å²) in [6, 6.07) is 6.33. The summed E-state index contributed by atoms with van der Waals surface area (Å²) >= 11 is 0. The highest BCUT2D eigenvalue weighted by Crippen LogP contribution is 2.37. The van der Waals surface area contributed by atoms with Crippen molar-refractivity contribution in [1.82, 2.24) is 19.5 Å². The van der Waals surface area contributed by atoms with Gasteiger partial charge in [0.05, 0.1) is 44.1 Å². The van der Waals surface area contributed by atoms with Crippen molar-refractivity contribution in [3.05, 3.63) is 30.5 Å². The maximum absolute atomic E-state index is 15.2. The zero-order valence-corrected chi connectivity index (χ0v) is 21.3. The highest BCUT2D eigenvalue weighted by Gasteiger charge is 2.46. The molecule has 0 spiro atoms. The Labute approximate surface area is 218 Å². The monoisotopic (exact) mass is 532 g/mol. The molecule has 2 aliphatic heterocycles. The number of alkyl halides is 3. The van der Waals surface area contributed by atoms with E-state index >= 15 is 4.39 Å². The average Bonchev–Trinajstić information content (AvgIpc) is 3.32. The van der Waals surface area contributed by atoms with Crippen molar-refractivity contribution >= 4 is 22.8 Å². The van der Waals surface area contributed by atoms with E-state index in [0.717, 1.165) is 13.0 Å². The second-order valence-corrected chi connectivity index (χ2v) is 9.66. The number of rotatable bonds is 10. The lowest BCUT2D eigenvalue weighted by Gasteiger charge is -2.52. The van der Waals surface area contributed by atoms with Gasteiger partial charge in [-0.15, -0.1) is 5.10 Å². The second-order valence-electron chi connectivity index (χ2n) is 9.66. The number of piperidine rings is 1. The van der Waals surface area contributed by atoms with E-state index in [-0.39, 0.29) is 23.1 Å². The van der Waals surface area contributed by atoms with Crippen LogP contribution in [0.25, 0.3) is 16.6 Å². The van der Waals surface area contributed by atoms with Gasteiger partial charge in [-0.05, 0) is 36.6 Å². The number of halogens is 3. The number of hydrogen-bond donors (Lipinski definition) is 3. The van der Waals surface area contributed by atoms with Gasteiger partial charge in [0.1, 0.15) is 17.4 Å². The molecule has 0 unspecified atom stereocenters. The maximum Gasteiger partial charge on any atom is 0.255 e. The lowest BCUT2D eigenvalue weighted by molar-refractivity contribution is -0.153. The van der Waals surface area contributed by atoms with E-state index in [2.05, 4.69) is 37.7 Å². The third-order valence-corrected chi connectivity index (χ3v) is 7.47. The number of methoxy groups -OCH3 is 1. The third-order valence-electron chi connectivity index (χ3n) is 7.47. The summed E-state index contributed by atoms with van der Waals surface area (Å²) < 4.78 is 53.3. The summed E-state index contributed by atoms with van der Waals surface area (Å²) in [7, 11) is 1.49. The Kier molecular flexibility index (Phi) is 7.39. The molecule has 2 atom stereocenters. The minimum absolute atomic E-state index is 0.0583. The van der Waals surface area contributed by atoms with E-state index in [4.69, 9.17) is 15.0 Å². The molecule has 3 N–H and O–H groups in total. The molecule has 38 heavy (non-hydrogen) atoms.